The normalized spacial score (nSPS) is 27.4. The molecule has 0 radical (unpaired) electrons. The fourth-order valence-corrected chi connectivity index (χ4v) is 2.23. The maximum atomic E-state index is 5.95. The summed E-state index contributed by atoms with van der Waals surface area (Å²) in [4.78, 5) is 0. The van der Waals surface area contributed by atoms with Crippen LogP contribution >= 0.6 is 23.2 Å². The lowest BCUT2D eigenvalue weighted by Crippen LogP contribution is -2.17. The fourth-order valence-electron chi connectivity index (χ4n) is 1.92. The van der Waals surface area contributed by atoms with Crippen molar-refractivity contribution in [3.63, 3.8) is 0 Å². The van der Waals surface area contributed by atoms with Gasteiger partial charge in [-0.15, -0.1) is 0 Å². The van der Waals surface area contributed by atoms with Crippen molar-refractivity contribution in [2.45, 2.75) is 25.3 Å². The van der Waals surface area contributed by atoms with Gasteiger partial charge in [0.05, 0.1) is 10.0 Å². The van der Waals surface area contributed by atoms with Crippen LogP contribution < -0.4 is 5.73 Å². The first-order chi connectivity index (χ1) is 6.59. The van der Waals surface area contributed by atoms with Gasteiger partial charge in [0.25, 0.3) is 0 Å². The first-order valence-corrected chi connectivity index (χ1v) is 5.55. The van der Waals surface area contributed by atoms with Gasteiger partial charge in [0.2, 0.25) is 0 Å². The van der Waals surface area contributed by atoms with Crippen molar-refractivity contribution in [3.8, 4) is 0 Å². The van der Waals surface area contributed by atoms with Crippen molar-refractivity contribution in [3.05, 3.63) is 33.8 Å². The SMILES string of the molecule is C[C@H](N)[C@H]1C[C@H]1c1ccc(Cl)c(Cl)c1. The maximum Gasteiger partial charge on any atom is 0.0595 e. The lowest BCUT2D eigenvalue weighted by atomic mass is 10.1. The average molecular weight is 230 g/mol. The molecule has 0 unspecified atom stereocenters. The van der Waals surface area contributed by atoms with Crippen LogP contribution in [0, 0.1) is 5.92 Å². The summed E-state index contributed by atoms with van der Waals surface area (Å²) in [6.45, 7) is 2.06. The first kappa shape index (κ1) is 10.3. The lowest BCUT2D eigenvalue weighted by molar-refractivity contribution is 0.631. The van der Waals surface area contributed by atoms with Crippen molar-refractivity contribution >= 4 is 23.2 Å². The van der Waals surface area contributed by atoms with E-state index in [2.05, 4.69) is 6.92 Å². The monoisotopic (exact) mass is 229 g/mol. The molecule has 0 spiro atoms. The molecule has 0 aliphatic heterocycles. The highest BCUT2D eigenvalue weighted by molar-refractivity contribution is 6.42. The second kappa shape index (κ2) is 3.73. The molecule has 1 aliphatic carbocycles. The van der Waals surface area contributed by atoms with Gasteiger partial charge >= 0.3 is 0 Å². The number of rotatable bonds is 2. The molecule has 0 bridgehead atoms. The number of halogens is 2. The topological polar surface area (TPSA) is 26.0 Å². The Hall–Kier alpha value is -0.240. The molecule has 3 atom stereocenters. The lowest BCUT2D eigenvalue weighted by Gasteiger charge is -2.05. The number of nitrogens with two attached hydrogens (primary N) is 1. The van der Waals surface area contributed by atoms with Crippen LogP contribution in [0.25, 0.3) is 0 Å². The van der Waals surface area contributed by atoms with Crippen LogP contribution in [0.15, 0.2) is 18.2 Å². The number of hydrogen-bond donors (Lipinski definition) is 1. The van der Waals surface area contributed by atoms with E-state index in [1.807, 2.05) is 18.2 Å². The minimum absolute atomic E-state index is 0.273. The fraction of sp³-hybridized carbons (Fsp3) is 0.455. The molecule has 76 valence electrons. The van der Waals surface area contributed by atoms with E-state index in [4.69, 9.17) is 28.9 Å². The third-order valence-corrected chi connectivity index (χ3v) is 3.63. The highest BCUT2D eigenvalue weighted by atomic mass is 35.5. The van der Waals surface area contributed by atoms with Crippen LogP contribution in [0.5, 0.6) is 0 Å². The van der Waals surface area contributed by atoms with Crippen molar-refractivity contribution in [1.29, 1.82) is 0 Å². The van der Waals surface area contributed by atoms with E-state index in [1.54, 1.807) is 0 Å². The van der Waals surface area contributed by atoms with Gasteiger partial charge in [-0.3, -0.25) is 0 Å². The van der Waals surface area contributed by atoms with Gasteiger partial charge in [-0.25, -0.2) is 0 Å². The summed E-state index contributed by atoms with van der Waals surface area (Å²) >= 11 is 11.8. The molecular formula is C11H13Cl2N. The molecule has 14 heavy (non-hydrogen) atoms. The molecule has 1 saturated carbocycles. The molecule has 1 fully saturated rings. The van der Waals surface area contributed by atoms with Crippen LogP contribution in [-0.2, 0) is 0 Å². The Morgan fingerprint density at radius 2 is 2.07 bits per heavy atom. The third kappa shape index (κ3) is 1.90. The van der Waals surface area contributed by atoms with Crippen LogP contribution in [0.4, 0.5) is 0 Å². The number of benzene rings is 1. The summed E-state index contributed by atoms with van der Waals surface area (Å²) < 4.78 is 0. The van der Waals surface area contributed by atoms with Crippen LogP contribution in [0.2, 0.25) is 10.0 Å². The second-order valence-corrected chi connectivity index (χ2v) is 4.85. The van der Waals surface area contributed by atoms with Crippen molar-refractivity contribution in [2.24, 2.45) is 11.7 Å². The predicted molar refractivity (Wildman–Crippen MR) is 61.0 cm³/mol. The van der Waals surface area contributed by atoms with Crippen molar-refractivity contribution < 1.29 is 0 Å². The van der Waals surface area contributed by atoms with E-state index >= 15 is 0 Å². The molecule has 1 aromatic rings. The van der Waals surface area contributed by atoms with Gasteiger partial charge in [0.15, 0.2) is 0 Å². The largest absolute Gasteiger partial charge is 0.328 e. The number of hydrogen-bond acceptors (Lipinski definition) is 1. The first-order valence-electron chi connectivity index (χ1n) is 4.80. The molecule has 0 aromatic heterocycles. The highest BCUT2D eigenvalue weighted by Crippen LogP contribution is 2.49. The van der Waals surface area contributed by atoms with E-state index in [1.165, 1.54) is 12.0 Å². The van der Waals surface area contributed by atoms with E-state index in [0.717, 1.165) is 0 Å². The van der Waals surface area contributed by atoms with E-state index in [0.29, 0.717) is 21.9 Å². The Morgan fingerprint density at radius 1 is 1.36 bits per heavy atom. The predicted octanol–water partition coefficient (Wildman–Crippen LogP) is 3.44. The summed E-state index contributed by atoms with van der Waals surface area (Å²) in [7, 11) is 0. The average Bonchev–Trinajstić information content (AvgIpc) is 2.89. The molecule has 1 nitrogen and oxygen atoms in total. The zero-order chi connectivity index (χ0) is 10.3. The third-order valence-electron chi connectivity index (χ3n) is 2.89. The van der Waals surface area contributed by atoms with E-state index in [-0.39, 0.29) is 6.04 Å². The van der Waals surface area contributed by atoms with Crippen LogP contribution in [0.3, 0.4) is 0 Å². The molecule has 1 aromatic carbocycles. The molecule has 0 saturated heterocycles. The van der Waals surface area contributed by atoms with Gasteiger partial charge in [-0.1, -0.05) is 29.3 Å². The molecular weight excluding hydrogens is 217 g/mol. The van der Waals surface area contributed by atoms with Gasteiger partial charge in [0.1, 0.15) is 0 Å². The Balaban J connectivity index is 2.16. The Morgan fingerprint density at radius 3 is 2.57 bits per heavy atom. The van der Waals surface area contributed by atoms with E-state index < -0.39 is 0 Å². The Labute approximate surface area is 94.2 Å². The van der Waals surface area contributed by atoms with Gasteiger partial charge in [-0.2, -0.15) is 0 Å². The Bertz CT molecular complexity index is 349. The van der Waals surface area contributed by atoms with Gasteiger partial charge < -0.3 is 5.73 Å². The second-order valence-electron chi connectivity index (χ2n) is 4.04. The molecule has 0 amide bonds. The van der Waals surface area contributed by atoms with Crippen molar-refractivity contribution in [2.75, 3.05) is 0 Å². The van der Waals surface area contributed by atoms with Crippen LogP contribution in [-0.4, -0.2) is 6.04 Å². The smallest absolute Gasteiger partial charge is 0.0595 e. The highest BCUT2D eigenvalue weighted by Gasteiger charge is 2.40. The quantitative estimate of drug-likeness (QED) is 0.827. The molecule has 2 N–H and O–H groups in total. The summed E-state index contributed by atoms with van der Waals surface area (Å²) in [5.74, 6) is 1.21. The van der Waals surface area contributed by atoms with Crippen molar-refractivity contribution in [1.82, 2.24) is 0 Å². The summed E-state index contributed by atoms with van der Waals surface area (Å²) in [6.07, 6.45) is 1.18. The summed E-state index contributed by atoms with van der Waals surface area (Å²) in [6, 6.07) is 6.13. The van der Waals surface area contributed by atoms with E-state index in [9.17, 15) is 0 Å². The van der Waals surface area contributed by atoms with Gasteiger partial charge in [-0.05, 0) is 42.9 Å². The molecule has 3 heteroatoms. The maximum absolute atomic E-state index is 5.95. The van der Waals surface area contributed by atoms with Gasteiger partial charge in [0, 0.05) is 6.04 Å². The molecule has 2 rings (SSSR count). The summed E-state index contributed by atoms with van der Waals surface area (Å²) in [5, 5.41) is 1.26. The minimum atomic E-state index is 0.273. The Kier molecular flexibility index (Phi) is 2.74. The zero-order valence-corrected chi connectivity index (χ0v) is 9.52. The molecule has 0 heterocycles. The standard InChI is InChI=1S/C11H13Cl2N/c1-6(14)8-5-9(8)7-2-3-10(12)11(13)4-7/h2-4,6,8-9H,5,14H2,1H3/t6-,8+,9-/m0/s1. The molecule has 1 aliphatic rings. The van der Waals surface area contributed by atoms with Crippen LogP contribution in [0.1, 0.15) is 24.8 Å². The summed E-state index contributed by atoms with van der Waals surface area (Å²) in [5.41, 5.74) is 7.10. The minimum Gasteiger partial charge on any atom is -0.328 e. The zero-order valence-electron chi connectivity index (χ0n) is 8.00.